The summed E-state index contributed by atoms with van der Waals surface area (Å²) in [5.74, 6) is 0. The minimum absolute atomic E-state index is 0.0596. The molecule has 2 atom stereocenters. The normalized spacial score (nSPS) is 29.3. The van der Waals surface area contributed by atoms with Gasteiger partial charge in [0.25, 0.3) is 0 Å². The standard InChI is InChI=1S/C12H21NO2/c1-2-3-9-15-12(14)13-10-5-4-6-11(13)8-7-10/h10-11H,2-9H2,1H3. The van der Waals surface area contributed by atoms with E-state index in [1.807, 2.05) is 4.90 Å². The van der Waals surface area contributed by atoms with E-state index in [4.69, 9.17) is 4.74 Å². The Labute approximate surface area is 91.8 Å². The number of carbonyl (C=O) groups excluding carboxylic acids is 1. The average molecular weight is 211 g/mol. The molecule has 3 heteroatoms. The van der Waals surface area contributed by atoms with Gasteiger partial charge in [-0.1, -0.05) is 13.3 Å². The van der Waals surface area contributed by atoms with E-state index in [0.29, 0.717) is 18.7 Å². The van der Waals surface area contributed by atoms with Crippen LogP contribution in [-0.4, -0.2) is 29.7 Å². The smallest absolute Gasteiger partial charge is 0.410 e. The van der Waals surface area contributed by atoms with Crippen molar-refractivity contribution in [2.45, 2.75) is 64.0 Å². The summed E-state index contributed by atoms with van der Waals surface area (Å²) in [5, 5.41) is 0. The van der Waals surface area contributed by atoms with Crippen LogP contribution < -0.4 is 0 Å². The van der Waals surface area contributed by atoms with Gasteiger partial charge in [0.15, 0.2) is 0 Å². The molecule has 2 fully saturated rings. The van der Waals surface area contributed by atoms with Gasteiger partial charge in [0.1, 0.15) is 0 Å². The second-order valence-corrected chi connectivity index (χ2v) is 4.69. The highest BCUT2D eigenvalue weighted by atomic mass is 16.6. The van der Waals surface area contributed by atoms with Crippen LogP contribution >= 0.6 is 0 Å². The molecule has 0 N–H and O–H groups in total. The van der Waals surface area contributed by atoms with Crippen LogP contribution in [0.1, 0.15) is 51.9 Å². The summed E-state index contributed by atoms with van der Waals surface area (Å²) in [5.41, 5.74) is 0. The van der Waals surface area contributed by atoms with E-state index in [1.54, 1.807) is 0 Å². The largest absolute Gasteiger partial charge is 0.449 e. The van der Waals surface area contributed by atoms with Crippen LogP contribution in [-0.2, 0) is 4.74 Å². The molecule has 0 spiro atoms. The first-order valence-electron chi connectivity index (χ1n) is 6.28. The maximum atomic E-state index is 11.8. The first-order valence-corrected chi connectivity index (χ1v) is 6.28. The number of unbranched alkanes of at least 4 members (excludes halogenated alkanes) is 1. The minimum atomic E-state index is -0.0596. The molecule has 2 aliphatic heterocycles. The van der Waals surface area contributed by atoms with E-state index in [-0.39, 0.29) is 6.09 Å². The van der Waals surface area contributed by atoms with Crippen LogP contribution in [0, 0.1) is 0 Å². The quantitative estimate of drug-likeness (QED) is 0.672. The zero-order valence-corrected chi connectivity index (χ0v) is 9.58. The maximum Gasteiger partial charge on any atom is 0.410 e. The van der Waals surface area contributed by atoms with Crippen molar-refractivity contribution in [2.75, 3.05) is 6.61 Å². The van der Waals surface area contributed by atoms with Crippen LogP contribution in [0.3, 0.4) is 0 Å². The Morgan fingerprint density at radius 3 is 2.53 bits per heavy atom. The first-order chi connectivity index (χ1) is 7.33. The van der Waals surface area contributed by atoms with Crippen molar-refractivity contribution in [2.24, 2.45) is 0 Å². The summed E-state index contributed by atoms with van der Waals surface area (Å²) >= 11 is 0. The molecule has 15 heavy (non-hydrogen) atoms. The van der Waals surface area contributed by atoms with E-state index in [9.17, 15) is 4.79 Å². The second-order valence-electron chi connectivity index (χ2n) is 4.69. The van der Waals surface area contributed by atoms with Crippen molar-refractivity contribution < 1.29 is 9.53 Å². The molecule has 0 radical (unpaired) electrons. The monoisotopic (exact) mass is 211 g/mol. The predicted molar refractivity (Wildman–Crippen MR) is 58.8 cm³/mol. The number of amides is 1. The molecular weight excluding hydrogens is 190 g/mol. The summed E-state index contributed by atoms with van der Waals surface area (Å²) in [4.78, 5) is 13.9. The third kappa shape index (κ3) is 2.27. The fourth-order valence-electron chi connectivity index (χ4n) is 2.79. The number of hydrogen-bond acceptors (Lipinski definition) is 2. The maximum absolute atomic E-state index is 11.8. The summed E-state index contributed by atoms with van der Waals surface area (Å²) in [7, 11) is 0. The number of ether oxygens (including phenoxy) is 1. The first kappa shape index (κ1) is 10.8. The molecule has 0 aromatic carbocycles. The average Bonchev–Trinajstić information content (AvgIpc) is 2.49. The molecule has 1 amide bonds. The van der Waals surface area contributed by atoms with Crippen molar-refractivity contribution in [1.82, 2.24) is 4.90 Å². The number of nitrogens with zero attached hydrogens (tertiary/aromatic N) is 1. The summed E-state index contributed by atoms with van der Waals surface area (Å²) < 4.78 is 5.29. The van der Waals surface area contributed by atoms with Gasteiger partial charge in [-0.3, -0.25) is 0 Å². The lowest BCUT2D eigenvalue weighted by Gasteiger charge is -2.33. The predicted octanol–water partition coefficient (Wildman–Crippen LogP) is 2.94. The van der Waals surface area contributed by atoms with Gasteiger partial charge in [-0.15, -0.1) is 0 Å². The van der Waals surface area contributed by atoms with E-state index < -0.39 is 0 Å². The van der Waals surface area contributed by atoms with E-state index in [1.165, 1.54) is 32.1 Å². The molecule has 2 aliphatic rings. The third-order valence-corrected chi connectivity index (χ3v) is 3.63. The number of carbonyl (C=O) groups is 1. The van der Waals surface area contributed by atoms with Crippen molar-refractivity contribution >= 4 is 6.09 Å². The molecule has 3 nitrogen and oxygen atoms in total. The van der Waals surface area contributed by atoms with Gasteiger partial charge < -0.3 is 9.64 Å². The Morgan fingerprint density at radius 2 is 1.93 bits per heavy atom. The zero-order chi connectivity index (χ0) is 10.7. The molecule has 0 aromatic rings. The molecule has 2 bridgehead atoms. The number of hydrogen-bond donors (Lipinski definition) is 0. The van der Waals surface area contributed by atoms with Gasteiger partial charge >= 0.3 is 6.09 Å². The highest BCUT2D eigenvalue weighted by Gasteiger charge is 2.40. The fraction of sp³-hybridized carbons (Fsp3) is 0.917. The molecule has 2 heterocycles. The zero-order valence-electron chi connectivity index (χ0n) is 9.58. The van der Waals surface area contributed by atoms with E-state index in [0.717, 1.165) is 12.8 Å². The SMILES string of the molecule is CCCCOC(=O)N1C2CCCC1CC2. The van der Waals surface area contributed by atoms with Gasteiger partial charge in [-0.05, 0) is 38.5 Å². The lowest BCUT2D eigenvalue weighted by atomic mass is 10.0. The lowest BCUT2D eigenvalue weighted by molar-refractivity contribution is 0.0691. The Kier molecular flexibility index (Phi) is 3.49. The van der Waals surface area contributed by atoms with Crippen molar-refractivity contribution in [3.05, 3.63) is 0 Å². The van der Waals surface area contributed by atoms with Gasteiger partial charge in [0.05, 0.1) is 6.61 Å². The van der Waals surface area contributed by atoms with Crippen LogP contribution in [0.15, 0.2) is 0 Å². The minimum Gasteiger partial charge on any atom is -0.449 e. The number of fused-ring (bicyclic) bond motifs is 2. The molecule has 2 saturated heterocycles. The highest BCUT2D eigenvalue weighted by molar-refractivity contribution is 5.69. The van der Waals surface area contributed by atoms with E-state index >= 15 is 0 Å². The molecule has 2 rings (SSSR count). The Morgan fingerprint density at radius 1 is 1.27 bits per heavy atom. The van der Waals surface area contributed by atoms with Gasteiger partial charge in [-0.25, -0.2) is 4.79 Å². The van der Waals surface area contributed by atoms with Gasteiger partial charge in [0, 0.05) is 12.1 Å². The van der Waals surface area contributed by atoms with Crippen molar-refractivity contribution in [1.29, 1.82) is 0 Å². The fourth-order valence-corrected chi connectivity index (χ4v) is 2.79. The second kappa shape index (κ2) is 4.86. The summed E-state index contributed by atoms with van der Waals surface area (Å²) in [6.45, 7) is 2.70. The number of rotatable bonds is 3. The van der Waals surface area contributed by atoms with Crippen molar-refractivity contribution in [3.8, 4) is 0 Å². The van der Waals surface area contributed by atoms with Gasteiger partial charge in [0.2, 0.25) is 0 Å². The Bertz CT molecular complexity index is 214. The summed E-state index contributed by atoms with van der Waals surface area (Å²) in [6.07, 6.45) is 8.03. The lowest BCUT2D eigenvalue weighted by Crippen LogP contribution is -2.44. The third-order valence-electron chi connectivity index (χ3n) is 3.63. The highest BCUT2D eigenvalue weighted by Crippen LogP contribution is 2.35. The van der Waals surface area contributed by atoms with Crippen LogP contribution in [0.5, 0.6) is 0 Å². The summed E-state index contributed by atoms with van der Waals surface area (Å²) in [6, 6.07) is 0.968. The van der Waals surface area contributed by atoms with Crippen LogP contribution in [0.4, 0.5) is 4.79 Å². The molecule has 86 valence electrons. The molecule has 0 aliphatic carbocycles. The topological polar surface area (TPSA) is 29.5 Å². The number of piperidine rings is 1. The molecular formula is C12H21NO2. The van der Waals surface area contributed by atoms with Crippen LogP contribution in [0.25, 0.3) is 0 Å². The van der Waals surface area contributed by atoms with E-state index in [2.05, 4.69) is 6.92 Å². The van der Waals surface area contributed by atoms with Crippen molar-refractivity contribution in [3.63, 3.8) is 0 Å². The van der Waals surface area contributed by atoms with Gasteiger partial charge in [-0.2, -0.15) is 0 Å². The van der Waals surface area contributed by atoms with Crippen LogP contribution in [0.2, 0.25) is 0 Å². The molecule has 0 saturated carbocycles. The Balaban J connectivity index is 1.84. The molecule has 0 aromatic heterocycles. The molecule has 2 unspecified atom stereocenters. The Hall–Kier alpha value is -0.730.